The zero-order chi connectivity index (χ0) is 19.9. The molecule has 0 saturated carbocycles. The van der Waals surface area contributed by atoms with Gasteiger partial charge in [0.15, 0.2) is 0 Å². The van der Waals surface area contributed by atoms with E-state index in [-0.39, 0.29) is 12.3 Å². The Morgan fingerprint density at radius 2 is 1.79 bits per heavy atom. The number of nitro groups is 1. The van der Waals surface area contributed by atoms with Crippen LogP contribution in [0.15, 0.2) is 48.5 Å². The molecule has 8 heteroatoms. The van der Waals surface area contributed by atoms with Gasteiger partial charge in [0, 0.05) is 44.9 Å². The minimum atomic E-state index is -0.631. The number of rotatable bonds is 8. The average molecular weight is 387 g/mol. The molecule has 28 heavy (non-hydrogen) atoms. The molecule has 0 bridgehead atoms. The van der Waals surface area contributed by atoms with E-state index in [2.05, 4.69) is 15.9 Å². The molecule has 0 unspecified atom stereocenters. The number of benzene rings is 2. The molecule has 3 rings (SSSR count). The SMILES string of the molecule is COc1ccccc1N1CCN(C[C@H](O)COc2ccc([N+](=O)[O-])cc2)CC1. The van der Waals surface area contributed by atoms with Crippen LogP contribution in [0.3, 0.4) is 0 Å². The number of anilines is 1. The van der Waals surface area contributed by atoms with E-state index in [0.29, 0.717) is 12.3 Å². The first kappa shape index (κ1) is 19.9. The van der Waals surface area contributed by atoms with E-state index in [1.54, 1.807) is 7.11 Å². The molecule has 8 nitrogen and oxygen atoms in total. The quantitative estimate of drug-likeness (QED) is 0.548. The van der Waals surface area contributed by atoms with Crippen molar-refractivity contribution in [3.63, 3.8) is 0 Å². The van der Waals surface area contributed by atoms with Crippen LogP contribution in [0.5, 0.6) is 11.5 Å². The highest BCUT2D eigenvalue weighted by molar-refractivity contribution is 5.58. The van der Waals surface area contributed by atoms with Crippen LogP contribution >= 0.6 is 0 Å². The Labute approximate surface area is 164 Å². The second-order valence-corrected chi connectivity index (χ2v) is 6.68. The van der Waals surface area contributed by atoms with Gasteiger partial charge >= 0.3 is 0 Å². The predicted molar refractivity (Wildman–Crippen MR) is 106 cm³/mol. The highest BCUT2D eigenvalue weighted by Crippen LogP contribution is 2.28. The molecule has 2 aromatic carbocycles. The topological polar surface area (TPSA) is 88.3 Å². The van der Waals surface area contributed by atoms with Crippen molar-refractivity contribution < 1.29 is 19.5 Å². The van der Waals surface area contributed by atoms with Crippen LogP contribution in [-0.4, -0.2) is 67.5 Å². The van der Waals surface area contributed by atoms with E-state index in [9.17, 15) is 15.2 Å². The molecule has 0 radical (unpaired) electrons. The van der Waals surface area contributed by atoms with Crippen molar-refractivity contribution in [3.8, 4) is 11.5 Å². The lowest BCUT2D eigenvalue weighted by molar-refractivity contribution is -0.384. The minimum absolute atomic E-state index is 0.0146. The Bertz CT molecular complexity index is 776. The summed E-state index contributed by atoms with van der Waals surface area (Å²) in [6, 6.07) is 13.8. The molecule has 150 valence electrons. The van der Waals surface area contributed by atoms with Gasteiger partial charge in [0.2, 0.25) is 0 Å². The number of methoxy groups -OCH3 is 1. The zero-order valence-electron chi connectivity index (χ0n) is 15.9. The summed E-state index contributed by atoms with van der Waals surface area (Å²) in [4.78, 5) is 14.7. The summed E-state index contributed by atoms with van der Waals surface area (Å²) < 4.78 is 11.0. The number of nitro benzene ring substituents is 1. The molecule has 1 saturated heterocycles. The van der Waals surface area contributed by atoms with E-state index >= 15 is 0 Å². The van der Waals surface area contributed by atoms with Crippen molar-refractivity contribution in [2.24, 2.45) is 0 Å². The molecule has 0 aromatic heterocycles. The standard InChI is InChI=1S/C20H25N3O5/c1-27-20-5-3-2-4-19(20)22-12-10-21(11-13-22)14-17(24)15-28-18-8-6-16(7-9-18)23(25)26/h2-9,17,24H,10-15H2,1H3/t17-/m0/s1. The van der Waals surface area contributed by atoms with Crippen molar-refractivity contribution in [3.05, 3.63) is 58.6 Å². The number of para-hydroxylation sites is 2. The van der Waals surface area contributed by atoms with Gasteiger partial charge in [0.05, 0.1) is 17.7 Å². The number of hydrogen-bond donors (Lipinski definition) is 1. The lowest BCUT2D eigenvalue weighted by Crippen LogP contribution is -2.49. The van der Waals surface area contributed by atoms with Gasteiger partial charge in [-0.05, 0) is 24.3 Å². The molecule has 1 N–H and O–H groups in total. The van der Waals surface area contributed by atoms with Crippen LogP contribution in [-0.2, 0) is 0 Å². The van der Waals surface area contributed by atoms with E-state index in [1.807, 2.05) is 18.2 Å². The number of hydrogen-bond acceptors (Lipinski definition) is 7. The van der Waals surface area contributed by atoms with Gasteiger partial charge in [0.1, 0.15) is 24.2 Å². The first-order chi connectivity index (χ1) is 13.6. The van der Waals surface area contributed by atoms with E-state index in [0.717, 1.165) is 37.6 Å². The maximum atomic E-state index is 10.7. The second-order valence-electron chi connectivity index (χ2n) is 6.68. The van der Waals surface area contributed by atoms with Gasteiger partial charge in [-0.25, -0.2) is 0 Å². The van der Waals surface area contributed by atoms with Crippen molar-refractivity contribution in [2.75, 3.05) is 51.3 Å². The van der Waals surface area contributed by atoms with Crippen molar-refractivity contribution >= 4 is 11.4 Å². The van der Waals surface area contributed by atoms with Gasteiger partial charge in [-0.2, -0.15) is 0 Å². The fourth-order valence-electron chi connectivity index (χ4n) is 3.27. The first-order valence-corrected chi connectivity index (χ1v) is 9.22. The molecule has 1 aliphatic rings. The number of aliphatic hydroxyl groups excluding tert-OH is 1. The van der Waals surface area contributed by atoms with Crippen LogP contribution in [0, 0.1) is 10.1 Å². The summed E-state index contributed by atoms with van der Waals surface area (Å²) in [6.07, 6.45) is -0.631. The highest BCUT2D eigenvalue weighted by Gasteiger charge is 2.21. The van der Waals surface area contributed by atoms with Crippen LogP contribution in [0.4, 0.5) is 11.4 Å². The fourth-order valence-corrected chi connectivity index (χ4v) is 3.27. The van der Waals surface area contributed by atoms with E-state index in [4.69, 9.17) is 9.47 Å². The van der Waals surface area contributed by atoms with Gasteiger partial charge < -0.3 is 19.5 Å². The number of ether oxygens (including phenoxy) is 2. The van der Waals surface area contributed by atoms with Crippen molar-refractivity contribution in [1.82, 2.24) is 4.90 Å². The summed E-state index contributed by atoms with van der Waals surface area (Å²) in [7, 11) is 1.68. The largest absolute Gasteiger partial charge is 0.495 e. The van der Waals surface area contributed by atoms with Gasteiger partial charge in [-0.1, -0.05) is 12.1 Å². The summed E-state index contributed by atoms with van der Waals surface area (Å²) in [5.41, 5.74) is 1.10. The average Bonchev–Trinajstić information content (AvgIpc) is 2.73. The van der Waals surface area contributed by atoms with Crippen LogP contribution < -0.4 is 14.4 Å². The molecular weight excluding hydrogens is 362 g/mol. The predicted octanol–water partition coefficient (Wildman–Crippen LogP) is 2.17. The van der Waals surface area contributed by atoms with Crippen molar-refractivity contribution in [1.29, 1.82) is 0 Å². The first-order valence-electron chi connectivity index (χ1n) is 9.22. The molecule has 1 fully saturated rings. The Morgan fingerprint density at radius 3 is 2.43 bits per heavy atom. The molecule has 2 aromatic rings. The Kier molecular flexibility index (Phi) is 6.67. The normalized spacial score (nSPS) is 15.9. The third-order valence-corrected chi connectivity index (χ3v) is 4.76. The molecule has 1 heterocycles. The fraction of sp³-hybridized carbons (Fsp3) is 0.400. The third kappa shape index (κ3) is 5.11. The van der Waals surface area contributed by atoms with E-state index in [1.165, 1.54) is 24.3 Å². The number of nitrogens with zero attached hydrogens (tertiary/aromatic N) is 3. The molecule has 0 amide bonds. The molecule has 1 aliphatic heterocycles. The highest BCUT2D eigenvalue weighted by atomic mass is 16.6. The Hall–Kier alpha value is -2.84. The number of piperazine rings is 1. The number of β-amino-alcohol motifs (C(OH)–C–C–N with tert-alkyl or cyclic N) is 1. The second kappa shape index (κ2) is 9.38. The van der Waals surface area contributed by atoms with Gasteiger partial charge in [-0.15, -0.1) is 0 Å². The lowest BCUT2D eigenvalue weighted by Gasteiger charge is -2.37. The number of non-ortho nitro benzene ring substituents is 1. The molecular formula is C20H25N3O5. The number of aliphatic hydroxyl groups is 1. The van der Waals surface area contributed by atoms with Crippen molar-refractivity contribution in [2.45, 2.75) is 6.10 Å². The molecule has 0 spiro atoms. The minimum Gasteiger partial charge on any atom is -0.495 e. The van der Waals surface area contributed by atoms with Gasteiger partial charge in [-0.3, -0.25) is 15.0 Å². The molecule has 1 atom stereocenters. The van der Waals surface area contributed by atoms with E-state index < -0.39 is 11.0 Å². The van der Waals surface area contributed by atoms with Gasteiger partial charge in [0.25, 0.3) is 5.69 Å². The summed E-state index contributed by atoms with van der Waals surface area (Å²) in [5, 5.41) is 20.9. The van der Waals surface area contributed by atoms with Crippen LogP contribution in [0.2, 0.25) is 0 Å². The summed E-state index contributed by atoms with van der Waals surface area (Å²) in [6.45, 7) is 4.06. The zero-order valence-corrected chi connectivity index (χ0v) is 15.9. The van der Waals surface area contributed by atoms with Crippen LogP contribution in [0.1, 0.15) is 0 Å². The van der Waals surface area contributed by atoms with Crippen LogP contribution in [0.25, 0.3) is 0 Å². The maximum Gasteiger partial charge on any atom is 0.269 e. The lowest BCUT2D eigenvalue weighted by atomic mass is 10.2. The maximum absolute atomic E-state index is 10.7. The third-order valence-electron chi connectivity index (χ3n) is 4.76. The Morgan fingerprint density at radius 1 is 1.11 bits per heavy atom. The summed E-state index contributed by atoms with van der Waals surface area (Å²) in [5.74, 6) is 1.37. The summed E-state index contributed by atoms with van der Waals surface area (Å²) >= 11 is 0. The monoisotopic (exact) mass is 387 g/mol. The molecule has 0 aliphatic carbocycles. The Balaban J connectivity index is 1.43. The smallest absolute Gasteiger partial charge is 0.269 e.